The van der Waals surface area contributed by atoms with E-state index in [2.05, 4.69) is 15.5 Å². The van der Waals surface area contributed by atoms with E-state index in [1.54, 1.807) is 24.3 Å². The number of amides is 2. The van der Waals surface area contributed by atoms with Crippen LogP contribution in [0.4, 0.5) is 10.1 Å². The maximum atomic E-state index is 13.1. The van der Waals surface area contributed by atoms with E-state index >= 15 is 0 Å². The molecule has 1 aromatic heterocycles. The zero-order valence-corrected chi connectivity index (χ0v) is 17.5. The lowest BCUT2D eigenvalue weighted by atomic mass is 10.2. The zero-order chi connectivity index (χ0) is 21.7. The first-order valence-corrected chi connectivity index (χ1v) is 10.1. The van der Waals surface area contributed by atoms with Crippen molar-refractivity contribution in [3.05, 3.63) is 59.4 Å². The molecule has 2 amide bonds. The molecule has 0 fully saturated rings. The third kappa shape index (κ3) is 5.28. The molecule has 0 unspecified atom stereocenters. The van der Waals surface area contributed by atoms with Gasteiger partial charge in [-0.3, -0.25) is 9.59 Å². The highest BCUT2D eigenvalue weighted by atomic mass is 35.5. The summed E-state index contributed by atoms with van der Waals surface area (Å²) in [7, 11) is 1.52. The van der Waals surface area contributed by atoms with Gasteiger partial charge in [-0.25, -0.2) is 9.07 Å². The van der Waals surface area contributed by atoms with E-state index < -0.39 is 0 Å². The van der Waals surface area contributed by atoms with Crippen molar-refractivity contribution in [1.29, 1.82) is 0 Å². The minimum absolute atomic E-state index is 0.00856. The summed E-state index contributed by atoms with van der Waals surface area (Å²) in [5.41, 5.74) is 1.07. The smallest absolute Gasteiger partial charge is 0.244 e. The molecule has 156 valence electrons. The van der Waals surface area contributed by atoms with E-state index in [4.69, 9.17) is 17.4 Å². The topological polar surface area (TPSA) is 106 Å². The molecule has 8 nitrogen and oxygen atoms in total. The third-order valence-electron chi connectivity index (χ3n) is 4.05. The normalized spacial score (nSPS) is 10.6. The Kier molecular flexibility index (Phi) is 6.91. The Hall–Kier alpha value is -3.11. The fourth-order valence-corrected chi connectivity index (χ4v) is 3.44. The Labute approximate surface area is 181 Å². The van der Waals surface area contributed by atoms with Crippen LogP contribution in [0, 0.1) is 5.82 Å². The van der Waals surface area contributed by atoms with Crippen LogP contribution in [0.1, 0.15) is 0 Å². The van der Waals surface area contributed by atoms with E-state index in [1.165, 1.54) is 40.9 Å². The summed E-state index contributed by atoms with van der Waals surface area (Å²) >= 11 is 7.09. The van der Waals surface area contributed by atoms with Gasteiger partial charge in [0.15, 0.2) is 5.82 Å². The van der Waals surface area contributed by atoms with Crippen LogP contribution in [-0.2, 0) is 9.59 Å². The van der Waals surface area contributed by atoms with Crippen LogP contribution < -0.4 is 11.2 Å². The average Bonchev–Trinajstić information content (AvgIpc) is 3.08. The number of thioether (sulfide) groups is 1. The quantitative estimate of drug-likeness (QED) is 0.425. The lowest BCUT2D eigenvalue weighted by Crippen LogP contribution is -2.36. The van der Waals surface area contributed by atoms with Gasteiger partial charge in [-0.15, -0.1) is 10.2 Å². The largest absolute Gasteiger partial charge is 0.336 e. The highest BCUT2D eigenvalue weighted by molar-refractivity contribution is 7.99. The van der Waals surface area contributed by atoms with Crippen molar-refractivity contribution in [2.24, 2.45) is 0 Å². The summed E-state index contributed by atoms with van der Waals surface area (Å²) in [5, 5.41) is 11.3. The number of hydrogen-bond donors (Lipinski definition) is 2. The number of aromatic nitrogens is 3. The number of rotatable bonds is 7. The van der Waals surface area contributed by atoms with Crippen molar-refractivity contribution >= 4 is 40.9 Å². The van der Waals surface area contributed by atoms with Gasteiger partial charge in [0, 0.05) is 12.6 Å². The van der Waals surface area contributed by atoms with Crippen LogP contribution in [0.3, 0.4) is 0 Å². The van der Waals surface area contributed by atoms with Gasteiger partial charge in [-0.2, -0.15) is 0 Å². The van der Waals surface area contributed by atoms with Crippen molar-refractivity contribution in [1.82, 2.24) is 19.8 Å². The molecular formula is C19H18ClFN6O2S. The Bertz CT molecular complexity index is 1060. The van der Waals surface area contributed by atoms with Gasteiger partial charge < -0.3 is 16.1 Å². The van der Waals surface area contributed by atoms with Crippen molar-refractivity contribution in [2.45, 2.75) is 5.16 Å². The van der Waals surface area contributed by atoms with Crippen LogP contribution >= 0.6 is 23.4 Å². The number of nitrogens with one attached hydrogen (secondary N) is 1. The first kappa shape index (κ1) is 21.6. The average molecular weight is 449 g/mol. The highest BCUT2D eigenvalue weighted by Crippen LogP contribution is 2.22. The Morgan fingerprint density at radius 1 is 1.20 bits per heavy atom. The number of nitrogen functional groups attached to an aromatic ring is 1. The summed E-state index contributed by atoms with van der Waals surface area (Å²) in [4.78, 5) is 25.8. The molecule has 3 aromatic rings. The first-order chi connectivity index (χ1) is 14.3. The molecule has 0 saturated carbocycles. The second-order valence-electron chi connectivity index (χ2n) is 6.25. The molecule has 0 aliphatic carbocycles. The van der Waals surface area contributed by atoms with Crippen LogP contribution in [0.2, 0.25) is 5.02 Å². The number of benzene rings is 2. The van der Waals surface area contributed by atoms with Crippen LogP contribution in [0.15, 0.2) is 53.7 Å². The zero-order valence-electron chi connectivity index (χ0n) is 15.9. The minimum Gasteiger partial charge on any atom is -0.336 e. The predicted molar refractivity (Wildman–Crippen MR) is 114 cm³/mol. The molecule has 1 heterocycles. The molecule has 0 atom stereocenters. The van der Waals surface area contributed by atoms with Gasteiger partial charge in [-0.1, -0.05) is 35.5 Å². The van der Waals surface area contributed by atoms with Gasteiger partial charge in [0.2, 0.25) is 17.0 Å². The number of nitrogens with two attached hydrogens (primary N) is 1. The van der Waals surface area contributed by atoms with E-state index in [1.807, 2.05) is 0 Å². The standard InChI is InChI=1S/C19H18ClFN6O2S/c1-26(10-16(28)23-15-5-3-2-4-14(15)20)17(29)11-30-19-25-24-18(27(19)22)12-6-8-13(21)9-7-12/h2-9H,10-11,22H2,1H3,(H,23,28). The molecular weight excluding hydrogens is 431 g/mol. The van der Waals surface area contributed by atoms with Crippen molar-refractivity contribution in [2.75, 3.05) is 30.5 Å². The van der Waals surface area contributed by atoms with E-state index in [-0.39, 0.29) is 29.9 Å². The molecule has 3 N–H and O–H groups in total. The fraction of sp³-hybridized carbons (Fsp3) is 0.158. The summed E-state index contributed by atoms with van der Waals surface area (Å²) in [6.07, 6.45) is 0. The summed E-state index contributed by atoms with van der Waals surface area (Å²) in [6.45, 7) is -0.138. The van der Waals surface area contributed by atoms with E-state index in [0.29, 0.717) is 27.3 Å². The molecule has 0 spiro atoms. The van der Waals surface area contributed by atoms with Crippen molar-refractivity contribution in [3.8, 4) is 11.4 Å². The summed E-state index contributed by atoms with van der Waals surface area (Å²) in [6, 6.07) is 12.5. The maximum Gasteiger partial charge on any atom is 0.244 e. The first-order valence-electron chi connectivity index (χ1n) is 8.72. The van der Waals surface area contributed by atoms with Crippen LogP contribution in [-0.4, -0.2) is 50.9 Å². The highest BCUT2D eigenvalue weighted by Gasteiger charge is 2.17. The summed E-state index contributed by atoms with van der Waals surface area (Å²) < 4.78 is 14.3. The van der Waals surface area contributed by atoms with Gasteiger partial charge >= 0.3 is 0 Å². The lowest BCUT2D eigenvalue weighted by Gasteiger charge is -2.16. The number of halogens is 2. The number of carbonyl (C=O) groups is 2. The second kappa shape index (κ2) is 9.59. The fourth-order valence-electron chi connectivity index (χ4n) is 2.46. The number of likely N-dealkylation sites (N-methyl/N-ethyl adjacent to an activating group) is 1. The maximum absolute atomic E-state index is 13.1. The molecule has 0 saturated heterocycles. The molecule has 11 heteroatoms. The van der Waals surface area contributed by atoms with Gasteiger partial charge in [0.1, 0.15) is 5.82 Å². The molecule has 3 rings (SSSR count). The Morgan fingerprint density at radius 2 is 1.90 bits per heavy atom. The SMILES string of the molecule is CN(CC(=O)Nc1ccccc1Cl)C(=O)CSc1nnc(-c2ccc(F)cc2)n1N. The van der Waals surface area contributed by atoms with Gasteiger partial charge in [-0.05, 0) is 36.4 Å². The van der Waals surface area contributed by atoms with Crippen LogP contribution in [0.25, 0.3) is 11.4 Å². The number of nitrogens with zero attached hydrogens (tertiary/aromatic N) is 4. The minimum atomic E-state index is -0.372. The molecule has 0 aliphatic rings. The van der Waals surface area contributed by atoms with Crippen molar-refractivity contribution in [3.63, 3.8) is 0 Å². The Balaban J connectivity index is 1.54. The number of anilines is 1. The number of carbonyl (C=O) groups excluding carboxylic acids is 2. The number of para-hydroxylation sites is 1. The lowest BCUT2D eigenvalue weighted by molar-refractivity contribution is -0.131. The third-order valence-corrected chi connectivity index (χ3v) is 5.30. The van der Waals surface area contributed by atoms with Crippen molar-refractivity contribution < 1.29 is 14.0 Å². The van der Waals surface area contributed by atoms with Gasteiger partial charge in [0.05, 0.1) is 23.0 Å². The summed E-state index contributed by atoms with van der Waals surface area (Å²) in [5.74, 6) is 5.31. The molecule has 2 aromatic carbocycles. The Morgan fingerprint density at radius 3 is 2.60 bits per heavy atom. The second-order valence-corrected chi connectivity index (χ2v) is 7.60. The molecule has 0 radical (unpaired) electrons. The monoisotopic (exact) mass is 448 g/mol. The number of hydrogen-bond acceptors (Lipinski definition) is 6. The van der Waals surface area contributed by atoms with E-state index in [0.717, 1.165) is 11.8 Å². The molecule has 0 aliphatic heterocycles. The molecule has 0 bridgehead atoms. The van der Waals surface area contributed by atoms with E-state index in [9.17, 15) is 14.0 Å². The predicted octanol–water partition coefficient (Wildman–Crippen LogP) is 2.64. The van der Waals surface area contributed by atoms with Gasteiger partial charge in [0.25, 0.3) is 0 Å². The molecule has 30 heavy (non-hydrogen) atoms. The van der Waals surface area contributed by atoms with Crippen LogP contribution in [0.5, 0.6) is 0 Å².